The molecule has 0 aliphatic rings. The van der Waals surface area contributed by atoms with Crippen LogP contribution in [-0.2, 0) is 24.3 Å². The number of ether oxygens (including phenoxy) is 3. The number of pyridine rings is 1. The van der Waals surface area contributed by atoms with Gasteiger partial charge in [-0.15, -0.1) is 0 Å². The molecule has 2 aromatic heterocycles. The highest BCUT2D eigenvalue weighted by Crippen LogP contribution is 2.27. The van der Waals surface area contributed by atoms with Crippen molar-refractivity contribution in [2.45, 2.75) is 25.9 Å². The third-order valence-corrected chi connectivity index (χ3v) is 6.71. The molecule has 3 aromatic carbocycles. The van der Waals surface area contributed by atoms with E-state index in [0.717, 1.165) is 0 Å². The molecule has 8 nitrogen and oxygen atoms in total. The van der Waals surface area contributed by atoms with Gasteiger partial charge < -0.3 is 29.0 Å². The zero-order valence-electron chi connectivity index (χ0n) is 22.6. The number of aliphatic hydroxyl groups excluding tert-OH is 1. The SMILES string of the molecule is COCCn1c(Cc2ccc(-c3cccc(OCc4ccc(F)cc4OC)n3)cc2F)nc2ccc(C(O)O)cc21. The molecule has 212 valence electrons. The minimum absolute atomic E-state index is 0.121. The number of hydrogen-bond acceptors (Lipinski definition) is 7. The maximum Gasteiger partial charge on any atom is 0.214 e. The van der Waals surface area contributed by atoms with E-state index in [1.54, 1.807) is 61.7 Å². The molecule has 41 heavy (non-hydrogen) atoms. The quantitative estimate of drug-likeness (QED) is 0.214. The zero-order chi connectivity index (χ0) is 28.9. The van der Waals surface area contributed by atoms with E-state index in [2.05, 4.69) is 9.97 Å². The van der Waals surface area contributed by atoms with Gasteiger partial charge in [-0.2, -0.15) is 0 Å². The molecule has 0 radical (unpaired) electrons. The van der Waals surface area contributed by atoms with Crippen LogP contribution in [-0.4, -0.2) is 45.6 Å². The number of halogens is 2. The number of rotatable bonds is 11. The van der Waals surface area contributed by atoms with E-state index in [0.29, 0.717) is 69.6 Å². The summed E-state index contributed by atoms with van der Waals surface area (Å²) >= 11 is 0. The number of aliphatic hydroxyl groups is 2. The number of hydrogen-bond donors (Lipinski definition) is 2. The molecule has 0 spiro atoms. The summed E-state index contributed by atoms with van der Waals surface area (Å²) in [4.78, 5) is 9.19. The summed E-state index contributed by atoms with van der Waals surface area (Å²) in [5.41, 5.74) is 3.93. The summed E-state index contributed by atoms with van der Waals surface area (Å²) in [6.07, 6.45) is -1.39. The van der Waals surface area contributed by atoms with Gasteiger partial charge in [-0.3, -0.25) is 0 Å². The molecule has 0 saturated carbocycles. The Morgan fingerprint density at radius 1 is 0.902 bits per heavy atom. The first-order chi connectivity index (χ1) is 19.9. The fourth-order valence-corrected chi connectivity index (χ4v) is 4.58. The fourth-order valence-electron chi connectivity index (χ4n) is 4.58. The second kappa shape index (κ2) is 12.4. The van der Waals surface area contributed by atoms with E-state index in [9.17, 15) is 14.6 Å². The highest BCUT2D eigenvalue weighted by Gasteiger charge is 2.16. The average molecular weight is 562 g/mol. The van der Waals surface area contributed by atoms with Gasteiger partial charge in [0, 0.05) is 48.9 Å². The van der Waals surface area contributed by atoms with Gasteiger partial charge in [0.05, 0.1) is 30.4 Å². The third kappa shape index (κ3) is 6.35. The molecule has 5 rings (SSSR count). The van der Waals surface area contributed by atoms with Crippen LogP contribution in [0.4, 0.5) is 8.78 Å². The summed E-state index contributed by atoms with van der Waals surface area (Å²) in [5, 5.41) is 19.2. The van der Waals surface area contributed by atoms with E-state index in [-0.39, 0.29) is 13.0 Å². The predicted molar refractivity (Wildman–Crippen MR) is 149 cm³/mol. The van der Waals surface area contributed by atoms with Crippen molar-refractivity contribution in [2.75, 3.05) is 20.8 Å². The minimum Gasteiger partial charge on any atom is -0.496 e. The van der Waals surface area contributed by atoms with Crippen LogP contribution in [0.3, 0.4) is 0 Å². The van der Waals surface area contributed by atoms with Crippen LogP contribution < -0.4 is 9.47 Å². The van der Waals surface area contributed by atoms with Crippen LogP contribution in [0.5, 0.6) is 11.6 Å². The number of imidazole rings is 1. The fraction of sp³-hybridized carbons (Fsp3) is 0.226. The van der Waals surface area contributed by atoms with Crippen LogP contribution in [0.2, 0.25) is 0 Å². The van der Waals surface area contributed by atoms with Crippen molar-refractivity contribution >= 4 is 11.0 Å². The van der Waals surface area contributed by atoms with Crippen LogP contribution in [0, 0.1) is 11.6 Å². The van der Waals surface area contributed by atoms with E-state index < -0.39 is 17.9 Å². The highest BCUT2D eigenvalue weighted by atomic mass is 19.1. The molecule has 0 fully saturated rings. The van der Waals surface area contributed by atoms with Gasteiger partial charge in [0.15, 0.2) is 6.29 Å². The normalized spacial score (nSPS) is 11.4. The molecule has 5 aromatic rings. The second-order valence-electron chi connectivity index (χ2n) is 9.38. The van der Waals surface area contributed by atoms with Gasteiger partial charge >= 0.3 is 0 Å². The minimum atomic E-state index is -1.61. The van der Waals surface area contributed by atoms with Gasteiger partial charge in [0.25, 0.3) is 0 Å². The summed E-state index contributed by atoms with van der Waals surface area (Å²) in [7, 11) is 3.05. The summed E-state index contributed by atoms with van der Waals surface area (Å²) < 4.78 is 47.0. The second-order valence-corrected chi connectivity index (χ2v) is 9.38. The molecular weight excluding hydrogens is 532 g/mol. The molecule has 2 heterocycles. The Hall–Kier alpha value is -4.38. The Kier molecular flexibility index (Phi) is 8.53. The predicted octanol–water partition coefficient (Wildman–Crippen LogP) is 5.18. The smallest absolute Gasteiger partial charge is 0.214 e. The largest absolute Gasteiger partial charge is 0.496 e. The molecule has 0 bridgehead atoms. The van der Waals surface area contributed by atoms with Crippen molar-refractivity contribution < 1.29 is 33.2 Å². The highest BCUT2D eigenvalue weighted by molar-refractivity contribution is 5.77. The number of aromatic nitrogens is 3. The van der Waals surface area contributed by atoms with Crippen molar-refractivity contribution in [1.82, 2.24) is 14.5 Å². The summed E-state index contributed by atoms with van der Waals surface area (Å²) in [5.74, 6) is 0.513. The van der Waals surface area contributed by atoms with Crippen molar-refractivity contribution in [3.63, 3.8) is 0 Å². The molecule has 10 heteroatoms. The Labute approximate surface area is 235 Å². The van der Waals surface area contributed by atoms with E-state index in [4.69, 9.17) is 14.2 Å². The lowest BCUT2D eigenvalue weighted by molar-refractivity contribution is -0.0424. The maximum atomic E-state index is 15.4. The number of benzene rings is 3. The first-order valence-electron chi connectivity index (χ1n) is 12.9. The standard InChI is InChI=1S/C31H29F2N3O5/c1-39-13-12-36-27-15-21(31(37)38)9-11-26(27)34-29(36)16-19-6-7-20(14-24(19)33)25-4-3-5-30(35-25)41-18-22-8-10-23(32)17-28(22)40-2/h3-11,14-15,17,31,37-38H,12-13,16,18H2,1-2H3. The Balaban J connectivity index is 1.37. The van der Waals surface area contributed by atoms with Crippen molar-refractivity contribution in [3.05, 3.63) is 107 Å². The maximum absolute atomic E-state index is 15.4. The first kappa shape index (κ1) is 28.2. The van der Waals surface area contributed by atoms with Crippen molar-refractivity contribution in [1.29, 1.82) is 0 Å². The van der Waals surface area contributed by atoms with Gasteiger partial charge in [-0.25, -0.2) is 18.7 Å². The molecule has 0 amide bonds. The molecule has 0 unspecified atom stereocenters. The number of fused-ring (bicyclic) bond motifs is 1. The van der Waals surface area contributed by atoms with E-state index in [1.165, 1.54) is 25.3 Å². The Morgan fingerprint density at radius 3 is 2.49 bits per heavy atom. The molecule has 0 aliphatic heterocycles. The monoisotopic (exact) mass is 561 g/mol. The number of nitrogens with zero attached hydrogens (tertiary/aromatic N) is 3. The lowest BCUT2D eigenvalue weighted by Gasteiger charge is -2.12. The third-order valence-electron chi connectivity index (χ3n) is 6.71. The molecular formula is C31H29F2N3O5. The van der Waals surface area contributed by atoms with Crippen molar-refractivity contribution in [2.24, 2.45) is 0 Å². The van der Waals surface area contributed by atoms with Gasteiger partial charge in [-0.05, 0) is 42.0 Å². The van der Waals surface area contributed by atoms with Crippen LogP contribution in [0.15, 0.2) is 72.8 Å². The Morgan fingerprint density at radius 2 is 1.73 bits per heavy atom. The van der Waals surface area contributed by atoms with Gasteiger partial charge in [0.1, 0.15) is 29.8 Å². The lowest BCUT2D eigenvalue weighted by atomic mass is 10.1. The average Bonchev–Trinajstić information content (AvgIpc) is 3.32. The Bertz CT molecular complexity index is 1670. The topological polar surface area (TPSA) is 98.9 Å². The van der Waals surface area contributed by atoms with Crippen LogP contribution >= 0.6 is 0 Å². The van der Waals surface area contributed by atoms with Gasteiger partial charge in [0.2, 0.25) is 5.88 Å². The van der Waals surface area contributed by atoms with Crippen LogP contribution in [0.1, 0.15) is 28.8 Å². The van der Waals surface area contributed by atoms with E-state index >= 15 is 4.39 Å². The molecule has 0 saturated heterocycles. The molecule has 0 atom stereocenters. The number of methoxy groups -OCH3 is 2. The van der Waals surface area contributed by atoms with Crippen LogP contribution in [0.25, 0.3) is 22.3 Å². The van der Waals surface area contributed by atoms with Crippen molar-refractivity contribution in [3.8, 4) is 22.9 Å². The molecule has 2 N–H and O–H groups in total. The molecule has 0 aliphatic carbocycles. The zero-order valence-corrected chi connectivity index (χ0v) is 22.6. The van der Waals surface area contributed by atoms with Gasteiger partial charge in [-0.1, -0.05) is 24.3 Å². The summed E-state index contributed by atoms with van der Waals surface area (Å²) in [6.45, 7) is 0.993. The van der Waals surface area contributed by atoms with E-state index in [1.807, 2.05) is 4.57 Å². The first-order valence-corrected chi connectivity index (χ1v) is 12.9. The summed E-state index contributed by atoms with van der Waals surface area (Å²) in [6, 6.07) is 19.3. The lowest BCUT2D eigenvalue weighted by Crippen LogP contribution is -2.10.